The van der Waals surface area contributed by atoms with Gasteiger partial charge in [0.05, 0.1) is 6.61 Å². The van der Waals surface area contributed by atoms with E-state index in [2.05, 4.69) is 55.0 Å². The first-order valence-electron chi connectivity index (χ1n) is 9.48. The number of nitrogens with zero attached hydrogens (tertiary/aromatic N) is 2. The van der Waals surface area contributed by atoms with Crippen LogP contribution in [0, 0.1) is 0 Å². The van der Waals surface area contributed by atoms with Gasteiger partial charge in [0.1, 0.15) is 0 Å². The normalized spacial score (nSPS) is 10.9. The first-order chi connectivity index (χ1) is 11.2. The molecule has 132 valence electrons. The molecule has 3 nitrogen and oxygen atoms in total. The lowest BCUT2D eigenvalue weighted by atomic mass is 10.1. The molecule has 0 fully saturated rings. The highest BCUT2D eigenvalue weighted by atomic mass is 16.5. The van der Waals surface area contributed by atoms with Crippen LogP contribution in [0.15, 0.2) is 24.5 Å². The fourth-order valence-corrected chi connectivity index (χ4v) is 2.70. The Hall–Kier alpha value is -1.09. The summed E-state index contributed by atoms with van der Waals surface area (Å²) in [5, 5.41) is 0. The average Bonchev–Trinajstić information content (AvgIpc) is 2.56. The number of aromatic nitrogens is 1. The summed E-state index contributed by atoms with van der Waals surface area (Å²) < 4.78 is 7.83. The van der Waals surface area contributed by atoms with Gasteiger partial charge in [-0.2, -0.15) is 4.57 Å². The van der Waals surface area contributed by atoms with E-state index in [4.69, 9.17) is 4.74 Å². The van der Waals surface area contributed by atoms with E-state index in [1.54, 1.807) is 0 Å². The number of hydrogen-bond acceptors (Lipinski definition) is 2. The lowest BCUT2D eigenvalue weighted by Crippen LogP contribution is -2.34. The molecule has 0 aliphatic heterocycles. The number of unbranched alkanes of at least 4 members (excludes halogenated alkanes) is 9. The Morgan fingerprint density at radius 3 is 1.87 bits per heavy atom. The Labute approximate surface area is 143 Å². The lowest BCUT2D eigenvalue weighted by molar-refractivity contribution is -0.732. The molecule has 0 saturated carbocycles. The second-order valence-electron chi connectivity index (χ2n) is 6.68. The van der Waals surface area contributed by atoms with Gasteiger partial charge in [-0.05, 0) is 6.42 Å². The van der Waals surface area contributed by atoms with Gasteiger partial charge in [-0.15, -0.1) is 0 Å². The molecule has 0 aliphatic carbocycles. The number of ether oxygens (including phenoxy) is 1. The Kier molecular flexibility index (Phi) is 11.6. The highest BCUT2D eigenvalue weighted by molar-refractivity contribution is 5.41. The zero-order valence-electron chi connectivity index (χ0n) is 15.6. The van der Waals surface area contributed by atoms with Crippen molar-refractivity contribution in [1.82, 2.24) is 0 Å². The summed E-state index contributed by atoms with van der Waals surface area (Å²) in [7, 11) is 4.11. The van der Waals surface area contributed by atoms with Gasteiger partial charge in [-0.3, -0.25) is 0 Å². The van der Waals surface area contributed by atoms with E-state index >= 15 is 0 Å². The van der Waals surface area contributed by atoms with Crippen LogP contribution in [-0.4, -0.2) is 20.7 Å². The molecule has 1 heterocycles. The fraction of sp³-hybridized carbons (Fsp3) is 0.750. The van der Waals surface area contributed by atoms with Crippen molar-refractivity contribution in [3.63, 3.8) is 0 Å². The molecule has 3 heteroatoms. The highest BCUT2D eigenvalue weighted by Crippen LogP contribution is 2.10. The summed E-state index contributed by atoms with van der Waals surface area (Å²) >= 11 is 0. The van der Waals surface area contributed by atoms with Crippen molar-refractivity contribution < 1.29 is 9.30 Å². The van der Waals surface area contributed by atoms with Crippen LogP contribution in [0.25, 0.3) is 0 Å². The van der Waals surface area contributed by atoms with E-state index in [0.717, 1.165) is 6.61 Å². The van der Waals surface area contributed by atoms with Gasteiger partial charge < -0.3 is 9.64 Å². The number of rotatable bonds is 14. The minimum Gasteiger partial charge on any atom is -0.377 e. The minimum absolute atomic E-state index is 0.658. The lowest BCUT2D eigenvalue weighted by Gasteiger charge is -2.10. The van der Waals surface area contributed by atoms with E-state index in [0.29, 0.717) is 6.73 Å². The van der Waals surface area contributed by atoms with Gasteiger partial charge in [-0.25, -0.2) is 0 Å². The van der Waals surface area contributed by atoms with Crippen LogP contribution in [0.2, 0.25) is 0 Å². The maximum absolute atomic E-state index is 5.74. The topological polar surface area (TPSA) is 16.4 Å². The van der Waals surface area contributed by atoms with E-state index in [9.17, 15) is 0 Å². The predicted molar refractivity (Wildman–Crippen MR) is 98.8 cm³/mol. The standard InChI is InChI=1S/C20H37N2O/c1-4-5-6-7-8-9-10-11-12-13-18-23-19-22-16-14-20(15-17-22)21(2)3/h14-17H,4-13,18-19H2,1-3H3/q+1. The molecule has 23 heavy (non-hydrogen) atoms. The number of anilines is 1. The van der Waals surface area contributed by atoms with Crippen LogP contribution in [-0.2, 0) is 11.5 Å². The van der Waals surface area contributed by atoms with Crippen molar-refractivity contribution >= 4 is 5.69 Å². The zero-order chi connectivity index (χ0) is 16.8. The molecular formula is C20H37N2O+. The Balaban J connectivity index is 1.89. The summed E-state index contributed by atoms with van der Waals surface area (Å²) in [6, 6.07) is 4.23. The van der Waals surface area contributed by atoms with E-state index < -0.39 is 0 Å². The van der Waals surface area contributed by atoms with Crippen molar-refractivity contribution in [3.05, 3.63) is 24.5 Å². The summed E-state index contributed by atoms with van der Waals surface area (Å²) in [5.41, 5.74) is 1.22. The third-order valence-electron chi connectivity index (χ3n) is 4.27. The van der Waals surface area contributed by atoms with E-state index in [1.165, 1.54) is 69.9 Å². The SMILES string of the molecule is CCCCCCCCCCCCOC[n+]1ccc(N(C)C)cc1. The number of pyridine rings is 1. The van der Waals surface area contributed by atoms with Crippen LogP contribution in [0.3, 0.4) is 0 Å². The summed E-state index contributed by atoms with van der Waals surface area (Å²) in [5.74, 6) is 0. The zero-order valence-corrected chi connectivity index (χ0v) is 15.6. The molecule has 0 spiro atoms. The first kappa shape index (κ1) is 20.0. The molecule has 1 aromatic rings. The molecular weight excluding hydrogens is 284 g/mol. The maximum Gasteiger partial charge on any atom is 0.252 e. The van der Waals surface area contributed by atoms with Crippen LogP contribution in [0.4, 0.5) is 5.69 Å². The van der Waals surface area contributed by atoms with Gasteiger partial charge in [0.2, 0.25) is 0 Å². The fourth-order valence-electron chi connectivity index (χ4n) is 2.70. The molecule has 0 saturated heterocycles. The molecule has 0 radical (unpaired) electrons. The molecule has 0 atom stereocenters. The molecule has 0 amide bonds. The molecule has 0 aliphatic rings. The Bertz CT molecular complexity index is 376. The van der Waals surface area contributed by atoms with Crippen molar-refractivity contribution in [2.75, 3.05) is 25.6 Å². The van der Waals surface area contributed by atoms with Crippen LogP contribution in [0.1, 0.15) is 71.1 Å². The predicted octanol–water partition coefficient (Wildman–Crippen LogP) is 4.94. The van der Waals surface area contributed by atoms with Gasteiger partial charge in [0, 0.05) is 31.9 Å². The molecule has 0 aromatic carbocycles. The third kappa shape index (κ3) is 10.3. The second-order valence-corrected chi connectivity index (χ2v) is 6.68. The van der Waals surface area contributed by atoms with E-state index in [1.807, 2.05) is 0 Å². The molecule has 0 N–H and O–H groups in total. The first-order valence-corrected chi connectivity index (χ1v) is 9.48. The van der Waals surface area contributed by atoms with Crippen LogP contribution >= 0.6 is 0 Å². The molecule has 0 unspecified atom stereocenters. The number of hydrogen-bond donors (Lipinski definition) is 0. The van der Waals surface area contributed by atoms with Gasteiger partial charge in [-0.1, -0.05) is 64.7 Å². The van der Waals surface area contributed by atoms with Crippen molar-refractivity contribution in [3.8, 4) is 0 Å². The molecule has 1 rings (SSSR count). The molecule has 0 bridgehead atoms. The van der Waals surface area contributed by atoms with Crippen molar-refractivity contribution in [1.29, 1.82) is 0 Å². The van der Waals surface area contributed by atoms with Crippen molar-refractivity contribution in [2.24, 2.45) is 0 Å². The largest absolute Gasteiger partial charge is 0.377 e. The average molecular weight is 322 g/mol. The van der Waals surface area contributed by atoms with Crippen LogP contribution < -0.4 is 9.47 Å². The monoisotopic (exact) mass is 321 g/mol. The Morgan fingerprint density at radius 2 is 1.35 bits per heavy atom. The summed E-state index contributed by atoms with van der Waals surface area (Å²) in [6.45, 7) is 3.81. The smallest absolute Gasteiger partial charge is 0.252 e. The summed E-state index contributed by atoms with van der Waals surface area (Å²) in [4.78, 5) is 2.11. The summed E-state index contributed by atoms with van der Waals surface area (Å²) in [6.07, 6.45) is 17.9. The highest BCUT2D eigenvalue weighted by Gasteiger charge is 2.01. The second kappa shape index (κ2) is 13.4. The van der Waals surface area contributed by atoms with Crippen LogP contribution in [0.5, 0.6) is 0 Å². The van der Waals surface area contributed by atoms with Gasteiger partial charge in [0.15, 0.2) is 12.4 Å². The van der Waals surface area contributed by atoms with Gasteiger partial charge in [0.25, 0.3) is 6.73 Å². The third-order valence-corrected chi connectivity index (χ3v) is 4.27. The minimum atomic E-state index is 0.658. The van der Waals surface area contributed by atoms with Gasteiger partial charge >= 0.3 is 0 Å². The maximum atomic E-state index is 5.74. The quantitative estimate of drug-likeness (QED) is 0.356. The van der Waals surface area contributed by atoms with E-state index in [-0.39, 0.29) is 0 Å². The molecule has 1 aromatic heterocycles. The van der Waals surface area contributed by atoms with Crippen molar-refractivity contribution in [2.45, 2.75) is 77.9 Å². The Morgan fingerprint density at radius 1 is 0.826 bits per heavy atom.